The number of carbonyl (C=O) groups is 1. The van der Waals surface area contributed by atoms with Crippen LogP contribution in [0.15, 0.2) is 10.9 Å². The zero-order valence-electron chi connectivity index (χ0n) is 11.0. The van der Waals surface area contributed by atoms with Crippen molar-refractivity contribution >= 4 is 17.2 Å². The summed E-state index contributed by atoms with van der Waals surface area (Å²) < 4.78 is 0. The molecule has 2 heterocycles. The van der Waals surface area contributed by atoms with Crippen LogP contribution < -0.4 is 5.73 Å². The summed E-state index contributed by atoms with van der Waals surface area (Å²) in [6, 6.07) is 0.250. The second-order valence-electron chi connectivity index (χ2n) is 5.51. The third kappa shape index (κ3) is 2.96. The number of thiazole rings is 1. The molecule has 1 saturated heterocycles. The molecule has 2 N–H and O–H groups in total. The van der Waals surface area contributed by atoms with Crippen molar-refractivity contribution in [2.24, 2.45) is 11.7 Å². The predicted molar refractivity (Wildman–Crippen MR) is 74.7 cm³/mol. The van der Waals surface area contributed by atoms with Crippen LogP contribution >= 0.6 is 11.3 Å². The van der Waals surface area contributed by atoms with Gasteiger partial charge < -0.3 is 10.6 Å². The molecule has 1 aromatic heterocycles. The second-order valence-corrected chi connectivity index (χ2v) is 6.23. The lowest BCUT2D eigenvalue weighted by Crippen LogP contribution is -2.53. The van der Waals surface area contributed by atoms with E-state index >= 15 is 0 Å². The normalized spacial score (nSPS) is 28.2. The van der Waals surface area contributed by atoms with Gasteiger partial charge in [-0.25, -0.2) is 4.98 Å². The highest BCUT2D eigenvalue weighted by Gasteiger charge is 2.35. The van der Waals surface area contributed by atoms with Crippen LogP contribution in [-0.4, -0.2) is 52.9 Å². The van der Waals surface area contributed by atoms with Crippen LogP contribution in [0.1, 0.15) is 18.5 Å². The fraction of sp³-hybridized carbons (Fsp3) is 0.692. The van der Waals surface area contributed by atoms with Crippen molar-refractivity contribution in [1.29, 1.82) is 0 Å². The Labute approximate surface area is 117 Å². The van der Waals surface area contributed by atoms with Gasteiger partial charge >= 0.3 is 0 Å². The Kier molecular flexibility index (Phi) is 3.81. The molecule has 2 fully saturated rings. The zero-order valence-corrected chi connectivity index (χ0v) is 11.8. The standard InChI is InChI=1S/C13H20N4OS/c14-11-5-10(6-11)13(18)17-3-1-16(2-4-17)7-12-8-19-9-15-12/h8-11H,1-7,14H2. The molecule has 1 aliphatic carbocycles. The maximum absolute atomic E-state index is 12.2. The van der Waals surface area contributed by atoms with Gasteiger partial charge in [-0.1, -0.05) is 0 Å². The van der Waals surface area contributed by atoms with Crippen molar-refractivity contribution in [3.05, 3.63) is 16.6 Å². The summed E-state index contributed by atoms with van der Waals surface area (Å²) in [7, 11) is 0. The molecule has 19 heavy (non-hydrogen) atoms. The van der Waals surface area contributed by atoms with Crippen molar-refractivity contribution in [2.45, 2.75) is 25.4 Å². The van der Waals surface area contributed by atoms with Gasteiger partial charge in [0.2, 0.25) is 5.91 Å². The predicted octanol–water partition coefficient (Wildman–Crippen LogP) is 0.525. The second kappa shape index (κ2) is 5.56. The number of carbonyl (C=O) groups excluding carboxylic acids is 1. The van der Waals surface area contributed by atoms with Gasteiger partial charge in [0.1, 0.15) is 0 Å². The Hall–Kier alpha value is -0.980. The summed E-state index contributed by atoms with van der Waals surface area (Å²) in [6.45, 7) is 4.48. The van der Waals surface area contributed by atoms with Gasteiger partial charge in [-0.05, 0) is 12.8 Å². The average Bonchev–Trinajstić information content (AvgIpc) is 2.88. The highest BCUT2D eigenvalue weighted by Crippen LogP contribution is 2.27. The van der Waals surface area contributed by atoms with Gasteiger partial charge in [-0.2, -0.15) is 0 Å². The minimum absolute atomic E-state index is 0.195. The van der Waals surface area contributed by atoms with Gasteiger partial charge in [0.15, 0.2) is 0 Å². The minimum atomic E-state index is 0.195. The van der Waals surface area contributed by atoms with Gasteiger partial charge in [0.05, 0.1) is 11.2 Å². The van der Waals surface area contributed by atoms with Crippen LogP contribution in [0.4, 0.5) is 0 Å². The van der Waals surface area contributed by atoms with E-state index in [-0.39, 0.29) is 12.0 Å². The minimum Gasteiger partial charge on any atom is -0.340 e. The Bertz CT molecular complexity index is 422. The lowest BCUT2D eigenvalue weighted by molar-refractivity contribution is -0.140. The van der Waals surface area contributed by atoms with E-state index in [1.165, 1.54) is 0 Å². The molecule has 1 aliphatic heterocycles. The first-order chi connectivity index (χ1) is 9.22. The SMILES string of the molecule is NC1CC(C(=O)N2CCN(Cc3cscn3)CC2)C1. The first-order valence-corrected chi connectivity index (χ1v) is 7.80. The van der Waals surface area contributed by atoms with Gasteiger partial charge in [-0.15, -0.1) is 11.3 Å². The number of hydrogen-bond acceptors (Lipinski definition) is 5. The number of aromatic nitrogens is 1. The zero-order chi connectivity index (χ0) is 13.2. The van der Waals surface area contributed by atoms with Gasteiger partial charge in [-0.3, -0.25) is 9.69 Å². The van der Waals surface area contributed by atoms with E-state index in [2.05, 4.69) is 15.3 Å². The van der Waals surface area contributed by atoms with E-state index < -0.39 is 0 Å². The van der Waals surface area contributed by atoms with E-state index in [1.807, 2.05) is 10.4 Å². The maximum atomic E-state index is 12.2. The van der Waals surface area contributed by atoms with Crippen molar-refractivity contribution in [3.8, 4) is 0 Å². The van der Waals surface area contributed by atoms with Crippen LogP contribution in [0.5, 0.6) is 0 Å². The first kappa shape index (κ1) is 13.0. The summed E-state index contributed by atoms with van der Waals surface area (Å²) in [5.74, 6) is 0.509. The molecule has 0 unspecified atom stereocenters. The maximum Gasteiger partial charge on any atom is 0.225 e. The number of hydrogen-bond donors (Lipinski definition) is 1. The van der Waals surface area contributed by atoms with Crippen LogP contribution in [0.3, 0.4) is 0 Å². The summed E-state index contributed by atoms with van der Waals surface area (Å²) in [6.07, 6.45) is 1.75. The van der Waals surface area contributed by atoms with E-state index in [4.69, 9.17) is 5.73 Å². The number of piperazine rings is 1. The van der Waals surface area contributed by atoms with Crippen LogP contribution in [0, 0.1) is 5.92 Å². The molecule has 1 aromatic rings. The molecule has 1 amide bonds. The topological polar surface area (TPSA) is 62.5 Å². The number of nitrogens with zero attached hydrogens (tertiary/aromatic N) is 3. The molecule has 5 nitrogen and oxygen atoms in total. The summed E-state index contributed by atoms with van der Waals surface area (Å²) >= 11 is 1.63. The van der Waals surface area contributed by atoms with Crippen molar-refractivity contribution in [2.75, 3.05) is 26.2 Å². The smallest absolute Gasteiger partial charge is 0.225 e. The lowest BCUT2D eigenvalue weighted by Gasteiger charge is -2.39. The van der Waals surface area contributed by atoms with Crippen molar-refractivity contribution in [3.63, 3.8) is 0 Å². The van der Waals surface area contributed by atoms with Crippen LogP contribution in [0.2, 0.25) is 0 Å². The largest absolute Gasteiger partial charge is 0.340 e. The van der Waals surface area contributed by atoms with Crippen LogP contribution in [-0.2, 0) is 11.3 Å². The molecule has 2 aliphatic rings. The fourth-order valence-electron chi connectivity index (χ4n) is 2.79. The van der Waals surface area contributed by atoms with E-state index in [1.54, 1.807) is 11.3 Å². The summed E-state index contributed by atoms with van der Waals surface area (Å²) in [5.41, 5.74) is 8.75. The van der Waals surface area contributed by atoms with Crippen molar-refractivity contribution < 1.29 is 4.79 Å². The molecular formula is C13H20N4OS. The number of nitrogens with two attached hydrogens (primary N) is 1. The average molecular weight is 280 g/mol. The number of amides is 1. The van der Waals surface area contributed by atoms with Gasteiger partial charge in [0.25, 0.3) is 0 Å². The highest BCUT2D eigenvalue weighted by atomic mass is 32.1. The van der Waals surface area contributed by atoms with Crippen LogP contribution in [0.25, 0.3) is 0 Å². The Morgan fingerprint density at radius 3 is 2.68 bits per heavy atom. The monoisotopic (exact) mass is 280 g/mol. The van der Waals surface area contributed by atoms with E-state index in [0.29, 0.717) is 5.91 Å². The molecule has 0 aromatic carbocycles. The molecule has 1 saturated carbocycles. The Morgan fingerprint density at radius 1 is 1.37 bits per heavy atom. The molecule has 6 heteroatoms. The van der Waals surface area contributed by atoms with E-state index in [0.717, 1.165) is 51.3 Å². The first-order valence-electron chi connectivity index (χ1n) is 6.86. The third-order valence-electron chi connectivity index (χ3n) is 4.08. The Balaban J connectivity index is 1.45. The number of rotatable bonds is 3. The molecule has 0 radical (unpaired) electrons. The quantitative estimate of drug-likeness (QED) is 0.877. The molecule has 104 valence electrons. The molecule has 0 atom stereocenters. The lowest BCUT2D eigenvalue weighted by atomic mass is 9.80. The summed E-state index contributed by atoms with van der Waals surface area (Å²) in [4.78, 5) is 20.9. The van der Waals surface area contributed by atoms with E-state index in [9.17, 15) is 4.79 Å². The molecule has 0 spiro atoms. The fourth-order valence-corrected chi connectivity index (χ4v) is 3.34. The van der Waals surface area contributed by atoms with Gasteiger partial charge in [0, 0.05) is 50.1 Å². The molecule has 3 rings (SSSR count). The summed E-state index contributed by atoms with van der Waals surface area (Å²) in [5, 5.41) is 2.09. The Morgan fingerprint density at radius 2 is 2.11 bits per heavy atom. The van der Waals surface area contributed by atoms with Crippen molar-refractivity contribution in [1.82, 2.24) is 14.8 Å². The third-order valence-corrected chi connectivity index (χ3v) is 4.71. The molecule has 0 bridgehead atoms. The molecular weight excluding hydrogens is 260 g/mol. The highest BCUT2D eigenvalue weighted by molar-refractivity contribution is 7.07.